The summed E-state index contributed by atoms with van der Waals surface area (Å²) in [4.78, 5) is 24.0. The van der Waals surface area contributed by atoms with Crippen molar-refractivity contribution < 1.29 is 8.83 Å². The molecule has 7 aromatic carbocycles. The second-order valence-corrected chi connectivity index (χ2v) is 13.4. The van der Waals surface area contributed by atoms with E-state index in [-0.39, 0.29) is 0 Å². The predicted octanol–water partition coefficient (Wildman–Crippen LogP) is 11.6. The highest BCUT2D eigenvalue weighted by Crippen LogP contribution is 2.37. The van der Waals surface area contributed by atoms with Crippen molar-refractivity contribution in [3.8, 4) is 62.4 Å². The number of nitrogens with zero attached hydrogens (tertiary/aromatic N) is 6. The Hall–Kier alpha value is -7.71. The minimum absolute atomic E-state index is 0.542. The number of oxazole rings is 2. The Kier molecular flexibility index (Phi) is 6.99. The molecule has 0 radical (unpaired) electrons. The van der Waals surface area contributed by atoms with Gasteiger partial charge in [-0.25, -0.2) is 24.9 Å². The maximum Gasteiger partial charge on any atom is 0.227 e. The van der Waals surface area contributed by atoms with Crippen LogP contribution >= 0.6 is 0 Å². The van der Waals surface area contributed by atoms with Gasteiger partial charge in [-0.15, -0.1) is 0 Å². The monoisotopic (exact) mass is 708 g/mol. The van der Waals surface area contributed by atoms with Gasteiger partial charge in [-0.1, -0.05) is 97.1 Å². The molecule has 8 nitrogen and oxygen atoms in total. The molecule has 0 aliphatic rings. The molecule has 0 N–H and O–H groups in total. The van der Waals surface area contributed by atoms with Gasteiger partial charge in [0.2, 0.25) is 5.89 Å². The molecule has 258 valence electrons. The quantitative estimate of drug-likeness (QED) is 0.170. The molecular weight excluding hydrogens is 681 g/mol. The predicted molar refractivity (Wildman–Crippen MR) is 216 cm³/mol. The molecule has 55 heavy (non-hydrogen) atoms. The fourth-order valence-corrected chi connectivity index (χ4v) is 7.38. The van der Waals surface area contributed by atoms with E-state index in [4.69, 9.17) is 28.8 Å². The molecule has 0 saturated carbocycles. The third kappa shape index (κ3) is 5.35. The molecule has 0 fully saturated rings. The van der Waals surface area contributed by atoms with E-state index in [0.717, 1.165) is 72.1 Å². The Morgan fingerprint density at radius 1 is 0.400 bits per heavy atom. The number of rotatable bonds is 6. The van der Waals surface area contributed by atoms with Gasteiger partial charge in [0, 0.05) is 38.7 Å². The van der Waals surface area contributed by atoms with Gasteiger partial charge < -0.3 is 13.4 Å². The number of aromatic nitrogens is 6. The van der Waals surface area contributed by atoms with Crippen LogP contribution in [0.1, 0.15) is 0 Å². The Labute approximate surface area is 314 Å². The summed E-state index contributed by atoms with van der Waals surface area (Å²) in [6.07, 6.45) is 1.49. The minimum Gasteiger partial charge on any atom is -0.443 e. The first-order valence-corrected chi connectivity index (χ1v) is 18.0. The standard InChI is InChI=1S/C47H28N6O2/c1-3-10-29(11-4-1)44-50-45(30-12-5-2-6-13-30)52-46(51-44)33-19-22-43-39(26-33)49-47(55-43)34-15-9-14-31(24-34)32-18-21-41-37(25-32)36-16-7-8-17-40(36)53(41)35-20-23-42-38(27-35)48-28-54-42/h1-28H. The number of fused-ring (bicyclic) bond motifs is 5. The van der Waals surface area contributed by atoms with E-state index in [9.17, 15) is 0 Å². The molecule has 0 aliphatic carbocycles. The summed E-state index contributed by atoms with van der Waals surface area (Å²) >= 11 is 0. The van der Waals surface area contributed by atoms with Crippen molar-refractivity contribution >= 4 is 44.0 Å². The second-order valence-electron chi connectivity index (χ2n) is 13.4. The van der Waals surface area contributed by atoms with Crippen LogP contribution in [0.3, 0.4) is 0 Å². The second kappa shape index (κ2) is 12.5. The topological polar surface area (TPSA) is 95.7 Å². The zero-order valence-corrected chi connectivity index (χ0v) is 29.2. The van der Waals surface area contributed by atoms with Crippen LogP contribution in [0.5, 0.6) is 0 Å². The highest BCUT2D eigenvalue weighted by molar-refractivity contribution is 6.10. The number of hydrogen-bond donors (Lipinski definition) is 0. The largest absolute Gasteiger partial charge is 0.443 e. The highest BCUT2D eigenvalue weighted by Gasteiger charge is 2.17. The number of para-hydroxylation sites is 1. The molecule has 0 spiro atoms. The summed E-state index contributed by atoms with van der Waals surface area (Å²) in [5, 5.41) is 2.34. The first-order valence-electron chi connectivity index (χ1n) is 18.0. The van der Waals surface area contributed by atoms with Crippen molar-refractivity contribution in [1.82, 2.24) is 29.5 Å². The maximum atomic E-state index is 6.35. The first-order chi connectivity index (χ1) is 27.2. The smallest absolute Gasteiger partial charge is 0.227 e. The van der Waals surface area contributed by atoms with E-state index in [1.165, 1.54) is 11.8 Å². The molecule has 11 rings (SSSR count). The molecule has 0 bridgehead atoms. The number of hydrogen-bond acceptors (Lipinski definition) is 7. The van der Waals surface area contributed by atoms with E-state index < -0.39 is 0 Å². The van der Waals surface area contributed by atoms with Gasteiger partial charge in [0.05, 0.1) is 11.0 Å². The summed E-state index contributed by atoms with van der Waals surface area (Å²) in [5.74, 6) is 2.33. The zero-order chi connectivity index (χ0) is 36.3. The van der Waals surface area contributed by atoms with Crippen LogP contribution in [0.2, 0.25) is 0 Å². The Balaban J connectivity index is 0.966. The van der Waals surface area contributed by atoms with Gasteiger partial charge in [-0.05, 0) is 77.9 Å². The summed E-state index contributed by atoms with van der Waals surface area (Å²) < 4.78 is 14.1. The van der Waals surface area contributed by atoms with Gasteiger partial charge >= 0.3 is 0 Å². The van der Waals surface area contributed by atoms with Crippen LogP contribution in [0.25, 0.3) is 106 Å². The van der Waals surface area contributed by atoms with E-state index in [1.54, 1.807) is 0 Å². The van der Waals surface area contributed by atoms with Gasteiger partial charge in [0.15, 0.2) is 35.0 Å². The van der Waals surface area contributed by atoms with Crippen molar-refractivity contribution in [2.24, 2.45) is 0 Å². The van der Waals surface area contributed by atoms with Crippen LogP contribution in [-0.4, -0.2) is 29.5 Å². The molecular formula is C47H28N6O2. The van der Waals surface area contributed by atoms with Crippen molar-refractivity contribution in [2.75, 3.05) is 0 Å². The van der Waals surface area contributed by atoms with Crippen LogP contribution in [0.4, 0.5) is 0 Å². The Bertz CT molecular complexity index is 3160. The fraction of sp³-hybridized carbons (Fsp3) is 0. The fourth-order valence-electron chi connectivity index (χ4n) is 7.38. The SMILES string of the molecule is c1ccc(-c2nc(-c3ccccc3)nc(-c3ccc4oc(-c5cccc(-c6ccc7c(c6)c6ccccc6n7-c6ccc7ocnc7c6)c5)nc4c3)n2)cc1. The lowest BCUT2D eigenvalue weighted by atomic mass is 10.0. The van der Waals surface area contributed by atoms with Gasteiger partial charge in [0.1, 0.15) is 11.0 Å². The third-order valence-corrected chi connectivity index (χ3v) is 10.0. The molecule has 4 heterocycles. The van der Waals surface area contributed by atoms with E-state index in [1.807, 2.05) is 97.1 Å². The first kappa shape index (κ1) is 30.9. The molecule has 4 aromatic heterocycles. The molecule has 0 atom stereocenters. The number of benzene rings is 7. The van der Waals surface area contributed by atoms with Gasteiger partial charge in [-0.3, -0.25) is 0 Å². The molecule has 0 amide bonds. The van der Waals surface area contributed by atoms with E-state index in [0.29, 0.717) is 28.9 Å². The molecule has 0 aliphatic heterocycles. The maximum absolute atomic E-state index is 6.35. The molecule has 11 aromatic rings. The Morgan fingerprint density at radius 2 is 1.04 bits per heavy atom. The van der Waals surface area contributed by atoms with Crippen LogP contribution in [0.15, 0.2) is 179 Å². The highest BCUT2D eigenvalue weighted by atomic mass is 16.3. The minimum atomic E-state index is 0.542. The van der Waals surface area contributed by atoms with Crippen LogP contribution < -0.4 is 0 Å². The van der Waals surface area contributed by atoms with Crippen molar-refractivity contribution in [3.05, 3.63) is 170 Å². The summed E-state index contributed by atoms with van der Waals surface area (Å²) in [5.41, 5.74) is 12.0. The average molecular weight is 709 g/mol. The lowest BCUT2D eigenvalue weighted by molar-refractivity contribution is 0.602. The van der Waals surface area contributed by atoms with Crippen LogP contribution in [-0.2, 0) is 0 Å². The average Bonchev–Trinajstić information content (AvgIpc) is 3.99. The molecule has 0 unspecified atom stereocenters. The lowest BCUT2D eigenvalue weighted by Crippen LogP contribution is -2.00. The van der Waals surface area contributed by atoms with E-state index >= 15 is 0 Å². The third-order valence-electron chi connectivity index (χ3n) is 10.0. The van der Waals surface area contributed by atoms with Gasteiger partial charge in [0.25, 0.3) is 0 Å². The summed E-state index contributed by atoms with van der Waals surface area (Å²) in [7, 11) is 0. The lowest BCUT2D eigenvalue weighted by Gasteiger charge is -2.08. The van der Waals surface area contributed by atoms with E-state index in [2.05, 4.69) is 76.3 Å². The summed E-state index contributed by atoms with van der Waals surface area (Å²) in [6, 6.07) is 55.4. The Morgan fingerprint density at radius 3 is 1.84 bits per heavy atom. The molecule has 8 heteroatoms. The van der Waals surface area contributed by atoms with Crippen LogP contribution in [0, 0.1) is 0 Å². The zero-order valence-electron chi connectivity index (χ0n) is 29.2. The van der Waals surface area contributed by atoms with Crippen molar-refractivity contribution in [1.29, 1.82) is 0 Å². The van der Waals surface area contributed by atoms with Crippen molar-refractivity contribution in [3.63, 3.8) is 0 Å². The van der Waals surface area contributed by atoms with Gasteiger partial charge in [-0.2, -0.15) is 0 Å². The normalized spacial score (nSPS) is 11.6. The van der Waals surface area contributed by atoms with Crippen molar-refractivity contribution in [2.45, 2.75) is 0 Å². The summed E-state index contributed by atoms with van der Waals surface area (Å²) in [6.45, 7) is 0. The molecule has 0 saturated heterocycles.